The molecule has 1 aromatic heterocycles. The topological polar surface area (TPSA) is 51.2 Å². The number of benzene rings is 1. The van der Waals surface area contributed by atoms with Gasteiger partial charge >= 0.3 is 0 Å². The van der Waals surface area contributed by atoms with Gasteiger partial charge in [0, 0.05) is 5.39 Å². The minimum absolute atomic E-state index is 0.273. The van der Waals surface area contributed by atoms with E-state index >= 15 is 0 Å². The molecule has 0 radical (unpaired) electrons. The quantitative estimate of drug-likeness (QED) is 0.649. The van der Waals surface area contributed by atoms with Crippen LogP contribution in [0.3, 0.4) is 0 Å². The lowest BCUT2D eigenvalue weighted by atomic mass is 10.1. The number of aryl methyl sites for hydroxylation is 1. The molecule has 0 saturated carbocycles. The Morgan fingerprint density at radius 2 is 2.17 bits per heavy atom. The molecule has 0 bridgehead atoms. The maximum atomic E-state index is 12.3. The molecular weight excluding hydrogens is 344 g/mol. The second-order valence-corrected chi connectivity index (χ2v) is 7.16. The number of fused-ring (bicyclic) bond motifs is 1. The van der Waals surface area contributed by atoms with Gasteiger partial charge in [0.15, 0.2) is 0 Å². The fourth-order valence-corrected chi connectivity index (χ4v) is 2.67. The van der Waals surface area contributed by atoms with E-state index in [0.29, 0.717) is 10.8 Å². The number of terminal acetylenes is 1. The van der Waals surface area contributed by atoms with Crippen LogP contribution in [0.1, 0.15) is 19.5 Å². The van der Waals surface area contributed by atoms with Gasteiger partial charge in [-0.1, -0.05) is 17.5 Å². The number of carbonyl (C=O) groups is 1. The van der Waals surface area contributed by atoms with E-state index in [4.69, 9.17) is 22.8 Å². The molecular formula is C18H19ClN2O2S. The minimum atomic E-state index is -0.729. The molecule has 0 spiro atoms. The number of ether oxygens (including phenoxy) is 1. The third kappa shape index (κ3) is 4.34. The summed E-state index contributed by atoms with van der Waals surface area (Å²) in [6, 6.07) is 7.28. The van der Waals surface area contributed by atoms with Gasteiger partial charge in [-0.05, 0) is 51.3 Å². The first kappa shape index (κ1) is 18.4. The van der Waals surface area contributed by atoms with Gasteiger partial charge in [0.05, 0.1) is 21.8 Å². The van der Waals surface area contributed by atoms with Gasteiger partial charge in [0.2, 0.25) is 5.44 Å². The molecule has 2 rings (SSSR count). The highest BCUT2D eigenvalue weighted by atomic mass is 35.5. The zero-order valence-corrected chi connectivity index (χ0v) is 15.6. The van der Waals surface area contributed by atoms with Crippen molar-refractivity contribution >= 4 is 40.2 Å². The average molecular weight is 363 g/mol. The number of nitrogens with zero attached hydrogens (tertiary/aromatic N) is 1. The van der Waals surface area contributed by atoms with Crippen molar-refractivity contribution in [1.82, 2.24) is 10.3 Å². The predicted molar refractivity (Wildman–Crippen MR) is 100 cm³/mol. The number of halogens is 1. The van der Waals surface area contributed by atoms with Crippen LogP contribution < -0.4 is 10.1 Å². The number of carbonyl (C=O) groups excluding carboxylic acids is 1. The maximum absolute atomic E-state index is 12.3. The largest absolute Gasteiger partial charge is 0.470 e. The van der Waals surface area contributed by atoms with Gasteiger partial charge in [-0.15, -0.1) is 18.2 Å². The summed E-state index contributed by atoms with van der Waals surface area (Å²) in [5.74, 6) is 2.83. The van der Waals surface area contributed by atoms with Crippen LogP contribution >= 0.6 is 23.4 Å². The van der Waals surface area contributed by atoms with Gasteiger partial charge in [0.1, 0.15) is 5.75 Å². The van der Waals surface area contributed by atoms with Crippen molar-refractivity contribution in [2.75, 3.05) is 6.26 Å². The number of hydrogen-bond acceptors (Lipinski definition) is 4. The van der Waals surface area contributed by atoms with E-state index in [1.165, 1.54) is 11.8 Å². The van der Waals surface area contributed by atoms with Gasteiger partial charge in [-0.2, -0.15) is 0 Å². The van der Waals surface area contributed by atoms with E-state index < -0.39 is 11.0 Å². The Kier molecular flexibility index (Phi) is 5.63. The number of aromatic nitrogens is 1. The number of hydrogen-bond donors (Lipinski definition) is 1. The molecule has 0 aliphatic heterocycles. The zero-order chi connectivity index (χ0) is 17.9. The fourth-order valence-electron chi connectivity index (χ4n) is 2.03. The predicted octanol–water partition coefficient (Wildman–Crippen LogP) is 3.79. The van der Waals surface area contributed by atoms with Crippen molar-refractivity contribution in [2.45, 2.75) is 31.7 Å². The molecule has 1 N–H and O–H groups in total. The molecule has 4 nitrogen and oxygen atoms in total. The van der Waals surface area contributed by atoms with Crippen LogP contribution in [0, 0.1) is 19.3 Å². The summed E-state index contributed by atoms with van der Waals surface area (Å²) in [7, 11) is 0. The van der Waals surface area contributed by atoms with Crippen LogP contribution in [-0.4, -0.2) is 28.1 Å². The molecule has 1 heterocycles. The molecule has 24 heavy (non-hydrogen) atoms. The number of rotatable bonds is 5. The fraction of sp³-hybridized carbons (Fsp3) is 0.333. The maximum Gasteiger partial charge on any atom is 0.272 e. The lowest BCUT2D eigenvalue weighted by molar-refractivity contribution is -0.125. The van der Waals surface area contributed by atoms with Crippen molar-refractivity contribution in [3.05, 3.63) is 35.0 Å². The first-order valence-electron chi connectivity index (χ1n) is 7.32. The highest BCUT2D eigenvalue weighted by Crippen LogP contribution is 2.26. The normalized spacial score (nSPS) is 12.5. The summed E-state index contributed by atoms with van der Waals surface area (Å²) in [4.78, 5) is 16.7. The summed E-state index contributed by atoms with van der Waals surface area (Å²) in [5, 5.41) is 4.22. The molecule has 2 aromatic rings. The van der Waals surface area contributed by atoms with E-state index in [9.17, 15) is 4.79 Å². The Labute approximate surface area is 151 Å². The molecule has 6 heteroatoms. The summed E-state index contributed by atoms with van der Waals surface area (Å²) < 4.78 is 5.81. The first-order valence-corrected chi connectivity index (χ1v) is 8.98. The number of pyridine rings is 1. The molecule has 1 atom stereocenters. The van der Waals surface area contributed by atoms with Crippen molar-refractivity contribution < 1.29 is 9.53 Å². The molecule has 0 fully saturated rings. The number of thioether (sulfide) groups is 1. The van der Waals surface area contributed by atoms with Crippen molar-refractivity contribution in [3.63, 3.8) is 0 Å². The summed E-state index contributed by atoms with van der Waals surface area (Å²) >= 11 is 7.41. The van der Waals surface area contributed by atoms with Crippen LogP contribution in [0.5, 0.6) is 5.75 Å². The van der Waals surface area contributed by atoms with Crippen molar-refractivity contribution in [2.24, 2.45) is 0 Å². The highest BCUT2D eigenvalue weighted by molar-refractivity contribution is 7.99. The average Bonchev–Trinajstić information content (AvgIpc) is 2.53. The Bertz CT molecular complexity index is 815. The van der Waals surface area contributed by atoms with Gasteiger partial charge in [-0.25, -0.2) is 0 Å². The second kappa shape index (κ2) is 7.33. The Hall–Kier alpha value is -1.90. The first-order chi connectivity index (χ1) is 11.3. The second-order valence-electron chi connectivity index (χ2n) is 5.85. The van der Waals surface area contributed by atoms with E-state index in [2.05, 4.69) is 16.2 Å². The monoisotopic (exact) mass is 362 g/mol. The van der Waals surface area contributed by atoms with Gasteiger partial charge < -0.3 is 10.1 Å². The molecule has 0 aliphatic carbocycles. The smallest absolute Gasteiger partial charge is 0.272 e. The molecule has 1 aromatic carbocycles. The van der Waals surface area contributed by atoms with Crippen LogP contribution in [0.2, 0.25) is 5.02 Å². The zero-order valence-electron chi connectivity index (χ0n) is 14.0. The van der Waals surface area contributed by atoms with E-state index in [1.807, 2.05) is 25.1 Å². The SMILES string of the molecule is C#CC(C)(C)NC(=O)[C@@H](Oc1ccc2nc(C)c(Cl)cc2c1)SC. The third-order valence-corrected chi connectivity index (χ3v) is 4.50. The van der Waals surface area contributed by atoms with Gasteiger partial charge in [-0.3, -0.25) is 9.78 Å². The molecule has 1 amide bonds. The standard InChI is InChI=1S/C18H19ClN2O2S/c1-6-18(3,4)21-16(22)17(24-5)23-13-7-8-15-12(9-13)10-14(19)11(2)20-15/h1,7-10,17H,2-5H3,(H,21,22)/t17-/m0/s1. The summed E-state index contributed by atoms with van der Waals surface area (Å²) in [6.45, 7) is 5.37. The molecule has 126 valence electrons. The highest BCUT2D eigenvalue weighted by Gasteiger charge is 2.25. The van der Waals surface area contributed by atoms with Crippen molar-refractivity contribution in [3.8, 4) is 18.1 Å². The van der Waals surface area contributed by atoms with E-state index in [-0.39, 0.29) is 5.91 Å². The third-order valence-electron chi connectivity index (χ3n) is 3.38. The Morgan fingerprint density at radius 3 is 2.79 bits per heavy atom. The minimum Gasteiger partial charge on any atom is -0.470 e. The van der Waals surface area contributed by atoms with Crippen LogP contribution in [-0.2, 0) is 4.79 Å². The molecule has 0 saturated heterocycles. The van der Waals surface area contributed by atoms with Crippen LogP contribution in [0.25, 0.3) is 10.9 Å². The van der Waals surface area contributed by atoms with Crippen molar-refractivity contribution in [1.29, 1.82) is 0 Å². The van der Waals surface area contributed by atoms with E-state index in [1.54, 1.807) is 26.2 Å². The van der Waals surface area contributed by atoms with Gasteiger partial charge in [0.25, 0.3) is 5.91 Å². The van der Waals surface area contributed by atoms with E-state index in [0.717, 1.165) is 16.6 Å². The Balaban J connectivity index is 2.22. The van der Waals surface area contributed by atoms with Crippen LogP contribution in [0.4, 0.5) is 0 Å². The van der Waals surface area contributed by atoms with Crippen LogP contribution in [0.15, 0.2) is 24.3 Å². The summed E-state index contributed by atoms with van der Waals surface area (Å²) in [5.41, 5.74) is 0.162. The summed E-state index contributed by atoms with van der Waals surface area (Å²) in [6.07, 6.45) is 7.21. The molecule has 0 unspecified atom stereocenters. The Morgan fingerprint density at radius 1 is 1.46 bits per heavy atom. The lowest BCUT2D eigenvalue weighted by Gasteiger charge is -2.23. The lowest BCUT2D eigenvalue weighted by Crippen LogP contribution is -2.47. The number of amides is 1. The number of nitrogens with one attached hydrogen (secondary N) is 1. The molecule has 0 aliphatic rings.